The number of ether oxygens (including phenoxy) is 2. The second kappa shape index (κ2) is 8.12. The molecule has 5 aliphatic rings. The minimum absolute atomic E-state index is 0.184. The van der Waals surface area contributed by atoms with Gasteiger partial charge in [-0.15, -0.1) is 0 Å². The minimum Gasteiger partial charge on any atom is -0.467 e. The first-order chi connectivity index (χ1) is 15.0. The van der Waals surface area contributed by atoms with Gasteiger partial charge in [-0.3, -0.25) is 4.90 Å². The van der Waals surface area contributed by atoms with E-state index in [-0.39, 0.29) is 12.6 Å². The van der Waals surface area contributed by atoms with Crippen LogP contribution in [0.5, 0.6) is 0 Å². The minimum atomic E-state index is -0.999. The summed E-state index contributed by atoms with van der Waals surface area (Å²) in [5.41, 5.74) is 0.244. The van der Waals surface area contributed by atoms with Gasteiger partial charge in [0.1, 0.15) is 12.1 Å². The average molecular weight is 427 g/mol. The molecule has 4 aliphatic carbocycles. The van der Waals surface area contributed by atoms with E-state index in [0.717, 1.165) is 36.4 Å². The molecule has 1 heterocycles. The fraction of sp³-hybridized carbons (Fsp3) is 0.680. The molecule has 31 heavy (non-hydrogen) atoms. The van der Waals surface area contributed by atoms with E-state index in [2.05, 4.69) is 10.2 Å². The van der Waals surface area contributed by atoms with Gasteiger partial charge in [-0.25, -0.2) is 9.59 Å². The van der Waals surface area contributed by atoms with E-state index in [1.54, 1.807) is 0 Å². The third-order valence-electron chi connectivity index (χ3n) is 8.42. The Kier molecular flexibility index (Phi) is 5.45. The Morgan fingerprint density at radius 3 is 2.13 bits per heavy atom. The molecule has 5 fully saturated rings. The molecule has 4 saturated carbocycles. The second-order valence-electron chi connectivity index (χ2n) is 10.4. The maximum Gasteiger partial charge on any atom is 0.408 e. The molecule has 6 nitrogen and oxygen atoms in total. The lowest BCUT2D eigenvalue weighted by Crippen LogP contribution is -2.66. The highest BCUT2D eigenvalue weighted by Crippen LogP contribution is 2.58. The third-order valence-corrected chi connectivity index (χ3v) is 8.42. The highest BCUT2D eigenvalue weighted by atomic mass is 16.6. The fourth-order valence-corrected chi connectivity index (χ4v) is 7.35. The smallest absolute Gasteiger partial charge is 0.408 e. The van der Waals surface area contributed by atoms with Crippen LogP contribution in [0.4, 0.5) is 4.79 Å². The molecule has 0 unspecified atom stereocenters. The number of hydrogen-bond acceptors (Lipinski definition) is 5. The van der Waals surface area contributed by atoms with Crippen molar-refractivity contribution in [2.75, 3.05) is 20.2 Å². The van der Waals surface area contributed by atoms with Gasteiger partial charge in [-0.1, -0.05) is 30.3 Å². The first kappa shape index (κ1) is 20.8. The van der Waals surface area contributed by atoms with Crippen molar-refractivity contribution in [3.63, 3.8) is 0 Å². The lowest BCUT2D eigenvalue weighted by Gasteiger charge is -2.62. The van der Waals surface area contributed by atoms with Gasteiger partial charge in [0.25, 0.3) is 0 Å². The molecule has 1 amide bonds. The molecule has 1 aromatic rings. The number of nitrogens with zero attached hydrogens (tertiary/aromatic N) is 1. The Morgan fingerprint density at radius 1 is 1.00 bits per heavy atom. The van der Waals surface area contributed by atoms with Crippen LogP contribution in [0, 0.1) is 17.8 Å². The van der Waals surface area contributed by atoms with E-state index in [1.807, 2.05) is 30.3 Å². The lowest BCUT2D eigenvalue weighted by atomic mass is 9.52. The van der Waals surface area contributed by atoms with Crippen molar-refractivity contribution in [1.29, 1.82) is 0 Å². The fourth-order valence-electron chi connectivity index (χ4n) is 7.35. The molecule has 6 heteroatoms. The molecule has 6 rings (SSSR count). The van der Waals surface area contributed by atoms with E-state index in [1.165, 1.54) is 45.6 Å². The first-order valence-corrected chi connectivity index (χ1v) is 11.8. The van der Waals surface area contributed by atoms with E-state index >= 15 is 0 Å². The molecular weight excluding hydrogens is 392 g/mol. The maximum atomic E-state index is 12.7. The summed E-state index contributed by atoms with van der Waals surface area (Å²) in [5.74, 6) is 2.31. The number of benzene rings is 1. The maximum absolute atomic E-state index is 12.7. The molecule has 0 aromatic heterocycles. The van der Waals surface area contributed by atoms with E-state index in [4.69, 9.17) is 9.47 Å². The summed E-state index contributed by atoms with van der Waals surface area (Å²) in [6.07, 6.45) is 8.81. The van der Waals surface area contributed by atoms with Crippen LogP contribution >= 0.6 is 0 Å². The van der Waals surface area contributed by atoms with Gasteiger partial charge in [0.15, 0.2) is 0 Å². The predicted molar refractivity (Wildman–Crippen MR) is 116 cm³/mol. The van der Waals surface area contributed by atoms with E-state index in [9.17, 15) is 9.59 Å². The zero-order valence-electron chi connectivity index (χ0n) is 18.5. The first-order valence-electron chi connectivity index (χ1n) is 11.8. The van der Waals surface area contributed by atoms with Crippen LogP contribution in [0.25, 0.3) is 0 Å². The summed E-state index contributed by atoms with van der Waals surface area (Å²) in [7, 11) is 1.40. The average Bonchev–Trinajstić information content (AvgIpc) is 2.77. The van der Waals surface area contributed by atoms with Crippen molar-refractivity contribution in [2.24, 2.45) is 17.8 Å². The highest BCUT2D eigenvalue weighted by molar-refractivity contribution is 5.86. The van der Waals surface area contributed by atoms with Crippen LogP contribution in [0.1, 0.15) is 56.9 Å². The number of amides is 1. The van der Waals surface area contributed by atoms with Gasteiger partial charge < -0.3 is 14.8 Å². The van der Waals surface area contributed by atoms with Gasteiger partial charge in [0.2, 0.25) is 0 Å². The van der Waals surface area contributed by atoms with Gasteiger partial charge in [0.05, 0.1) is 7.11 Å². The molecule has 4 bridgehead atoms. The monoisotopic (exact) mass is 426 g/mol. The molecule has 1 aromatic carbocycles. The Labute approximate surface area is 184 Å². The lowest BCUT2D eigenvalue weighted by molar-refractivity contribution is -0.154. The summed E-state index contributed by atoms with van der Waals surface area (Å²) in [6, 6.07) is 9.56. The van der Waals surface area contributed by atoms with Crippen molar-refractivity contribution in [2.45, 2.75) is 69.1 Å². The van der Waals surface area contributed by atoms with Crippen molar-refractivity contribution in [3.8, 4) is 0 Å². The SMILES string of the molecule is COC(=O)C1(NC(=O)OCc2ccccc2)CCN(C23CC4CC(CC(C4)C2)C3)CC1. The number of carbonyl (C=O) groups excluding carboxylic acids is 2. The van der Waals surface area contributed by atoms with Gasteiger partial charge in [0, 0.05) is 18.6 Å². The normalized spacial score (nSPS) is 33.6. The van der Waals surface area contributed by atoms with Gasteiger partial charge in [-0.2, -0.15) is 0 Å². The Morgan fingerprint density at radius 2 is 1.58 bits per heavy atom. The van der Waals surface area contributed by atoms with Crippen LogP contribution < -0.4 is 5.32 Å². The number of likely N-dealkylation sites (tertiary alicyclic amines) is 1. The predicted octanol–water partition coefficient (Wildman–Crippen LogP) is 3.89. The topological polar surface area (TPSA) is 67.9 Å². The van der Waals surface area contributed by atoms with Crippen molar-refractivity contribution in [1.82, 2.24) is 10.2 Å². The number of piperidine rings is 1. The number of esters is 1. The number of carbonyl (C=O) groups is 2. The summed E-state index contributed by atoms with van der Waals surface area (Å²) in [6.45, 7) is 1.82. The number of rotatable bonds is 5. The third kappa shape index (κ3) is 3.95. The van der Waals surface area contributed by atoms with Crippen LogP contribution in [0.3, 0.4) is 0 Å². The summed E-state index contributed by atoms with van der Waals surface area (Å²) in [4.78, 5) is 27.9. The van der Waals surface area contributed by atoms with E-state index < -0.39 is 11.6 Å². The molecule has 1 saturated heterocycles. The van der Waals surface area contributed by atoms with Crippen LogP contribution in [-0.2, 0) is 20.9 Å². The highest BCUT2D eigenvalue weighted by Gasteiger charge is 2.55. The van der Waals surface area contributed by atoms with Gasteiger partial charge in [-0.05, 0) is 74.7 Å². The Bertz CT molecular complexity index is 781. The molecule has 1 N–H and O–H groups in total. The Hall–Kier alpha value is -2.08. The zero-order chi connectivity index (χ0) is 21.5. The molecule has 168 valence electrons. The van der Waals surface area contributed by atoms with Crippen LogP contribution in [-0.4, -0.2) is 48.2 Å². The summed E-state index contributed by atoms with van der Waals surface area (Å²) < 4.78 is 10.5. The van der Waals surface area contributed by atoms with Gasteiger partial charge >= 0.3 is 12.1 Å². The van der Waals surface area contributed by atoms with Crippen molar-refractivity contribution >= 4 is 12.1 Å². The summed E-state index contributed by atoms with van der Waals surface area (Å²) >= 11 is 0. The molecule has 0 spiro atoms. The molecular formula is C25H34N2O4. The van der Waals surface area contributed by atoms with Crippen molar-refractivity contribution < 1.29 is 19.1 Å². The number of methoxy groups -OCH3 is 1. The molecule has 1 aliphatic heterocycles. The van der Waals surface area contributed by atoms with E-state index in [0.29, 0.717) is 18.4 Å². The summed E-state index contributed by atoms with van der Waals surface area (Å²) in [5, 5.41) is 2.89. The number of hydrogen-bond donors (Lipinski definition) is 1. The Balaban J connectivity index is 1.23. The largest absolute Gasteiger partial charge is 0.467 e. The number of alkyl carbamates (subject to hydrolysis) is 1. The molecule has 0 radical (unpaired) electrons. The van der Waals surface area contributed by atoms with Crippen molar-refractivity contribution in [3.05, 3.63) is 35.9 Å². The standard InChI is InChI=1S/C25H34N2O4/c1-30-22(28)25(26-23(29)31-17-18-5-3-2-4-6-18)7-9-27(10-8-25)24-14-19-11-20(15-24)13-21(12-19)16-24/h2-6,19-21H,7-17H2,1H3,(H,26,29). The van der Waals surface area contributed by atoms with Crippen LogP contribution in [0.15, 0.2) is 30.3 Å². The zero-order valence-corrected chi connectivity index (χ0v) is 18.5. The quantitative estimate of drug-likeness (QED) is 0.724. The second-order valence-corrected chi connectivity index (χ2v) is 10.4. The molecule has 0 atom stereocenters. The van der Waals surface area contributed by atoms with Crippen LogP contribution in [0.2, 0.25) is 0 Å². The number of nitrogens with one attached hydrogen (secondary N) is 1.